The maximum absolute atomic E-state index is 13.0. The molecule has 2 aliphatic rings. The van der Waals surface area contributed by atoms with Crippen LogP contribution in [0.4, 0.5) is 14.7 Å². The van der Waals surface area contributed by atoms with Crippen molar-refractivity contribution in [2.24, 2.45) is 0 Å². The molecule has 3 heterocycles. The van der Waals surface area contributed by atoms with Gasteiger partial charge in [0.1, 0.15) is 5.65 Å². The molecule has 1 aliphatic heterocycles. The number of aromatic nitrogens is 3. The average Bonchev–Trinajstić information content (AvgIpc) is 2.75. The molecule has 0 atom stereocenters. The topological polar surface area (TPSA) is 106 Å². The number of rotatable bonds is 6. The first-order valence-corrected chi connectivity index (χ1v) is 12.7. The summed E-state index contributed by atoms with van der Waals surface area (Å²) in [5.41, 5.74) is -0.231. The maximum atomic E-state index is 13.0. The lowest BCUT2D eigenvalue weighted by Gasteiger charge is -2.30. The van der Waals surface area contributed by atoms with Gasteiger partial charge in [0, 0.05) is 36.8 Å². The van der Waals surface area contributed by atoms with Crippen LogP contribution in [0.15, 0.2) is 17.1 Å². The van der Waals surface area contributed by atoms with Crippen LogP contribution in [0.3, 0.4) is 0 Å². The van der Waals surface area contributed by atoms with Gasteiger partial charge in [-0.1, -0.05) is 19.3 Å². The summed E-state index contributed by atoms with van der Waals surface area (Å²) in [6, 6.07) is 1.11. The minimum absolute atomic E-state index is 0.0123. The standard InChI is InChI=1S/C20H27F2N5O4S/c1-32(29,30)26-9-7-14(8-10-26)24-20-23-12-13-11-16(31-19(21)22)18(28)27(17(13)25-20)15-5-3-2-4-6-15/h11-12,14-15,19H,2-10H2,1H3,(H,23,24,25). The molecule has 2 aromatic rings. The number of anilines is 1. The van der Waals surface area contributed by atoms with E-state index in [0.717, 1.165) is 32.1 Å². The molecule has 1 saturated carbocycles. The summed E-state index contributed by atoms with van der Waals surface area (Å²) in [6.07, 6.45) is 8.41. The number of alkyl halides is 2. The zero-order chi connectivity index (χ0) is 22.9. The number of sulfonamides is 1. The number of halogens is 2. The van der Waals surface area contributed by atoms with E-state index in [0.29, 0.717) is 42.9 Å². The highest BCUT2D eigenvalue weighted by atomic mass is 32.2. The van der Waals surface area contributed by atoms with E-state index in [1.807, 2.05) is 0 Å². The highest BCUT2D eigenvalue weighted by Crippen LogP contribution is 2.30. The Morgan fingerprint density at radius 1 is 1.16 bits per heavy atom. The highest BCUT2D eigenvalue weighted by molar-refractivity contribution is 7.88. The van der Waals surface area contributed by atoms with Crippen LogP contribution in [0.5, 0.6) is 5.75 Å². The van der Waals surface area contributed by atoms with Crippen LogP contribution in [0, 0.1) is 0 Å². The van der Waals surface area contributed by atoms with Crippen LogP contribution >= 0.6 is 0 Å². The monoisotopic (exact) mass is 471 g/mol. The molecule has 0 radical (unpaired) electrons. The quantitative estimate of drug-likeness (QED) is 0.690. The Morgan fingerprint density at radius 2 is 1.84 bits per heavy atom. The number of piperidine rings is 1. The van der Waals surface area contributed by atoms with Gasteiger partial charge in [0.05, 0.1) is 6.26 Å². The predicted molar refractivity (Wildman–Crippen MR) is 116 cm³/mol. The van der Waals surface area contributed by atoms with E-state index in [9.17, 15) is 22.0 Å². The lowest BCUT2D eigenvalue weighted by atomic mass is 9.95. The van der Waals surface area contributed by atoms with Crippen LogP contribution in [0.25, 0.3) is 11.0 Å². The molecule has 0 amide bonds. The van der Waals surface area contributed by atoms with Gasteiger partial charge in [-0.2, -0.15) is 13.8 Å². The van der Waals surface area contributed by atoms with E-state index < -0.39 is 27.9 Å². The van der Waals surface area contributed by atoms with Gasteiger partial charge >= 0.3 is 6.61 Å². The predicted octanol–water partition coefficient (Wildman–Crippen LogP) is 2.73. The molecule has 0 aromatic carbocycles. The highest BCUT2D eigenvalue weighted by Gasteiger charge is 2.26. The number of pyridine rings is 1. The largest absolute Gasteiger partial charge is 0.429 e. The van der Waals surface area contributed by atoms with Crippen LogP contribution in [-0.4, -0.2) is 59.3 Å². The third-order valence-electron chi connectivity index (χ3n) is 6.15. The van der Waals surface area contributed by atoms with Crippen molar-refractivity contribution in [3.05, 3.63) is 22.6 Å². The van der Waals surface area contributed by atoms with E-state index in [1.165, 1.54) is 27.4 Å². The van der Waals surface area contributed by atoms with E-state index in [2.05, 4.69) is 20.0 Å². The summed E-state index contributed by atoms with van der Waals surface area (Å²) in [7, 11) is -3.22. The molecule has 0 unspecified atom stereocenters. The second-order valence-electron chi connectivity index (χ2n) is 8.41. The number of nitrogens with zero attached hydrogens (tertiary/aromatic N) is 4. The number of hydrogen-bond acceptors (Lipinski definition) is 7. The van der Waals surface area contributed by atoms with Crippen molar-refractivity contribution in [1.82, 2.24) is 18.8 Å². The SMILES string of the molecule is CS(=O)(=O)N1CCC(Nc2ncc3cc(OC(F)F)c(=O)n(C4CCCCC4)c3n2)CC1. The molecule has 9 nitrogen and oxygen atoms in total. The number of nitrogens with one attached hydrogen (secondary N) is 1. The van der Waals surface area contributed by atoms with Gasteiger partial charge in [-0.25, -0.2) is 17.7 Å². The summed E-state index contributed by atoms with van der Waals surface area (Å²) >= 11 is 0. The van der Waals surface area contributed by atoms with Crippen molar-refractivity contribution >= 4 is 27.0 Å². The molecule has 4 rings (SSSR count). The second-order valence-corrected chi connectivity index (χ2v) is 10.4. The van der Waals surface area contributed by atoms with Gasteiger partial charge in [0.25, 0.3) is 5.56 Å². The fourth-order valence-electron chi connectivity index (χ4n) is 4.54. The molecule has 2 fully saturated rings. The molecular formula is C20H27F2N5O4S. The van der Waals surface area contributed by atoms with Crippen LogP contribution in [0.1, 0.15) is 51.0 Å². The summed E-state index contributed by atoms with van der Waals surface area (Å²) in [5, 5.41) is 3.68. The average molecular weight is 472 g/mol. The number of ether oxygens (including phenoxy) is 1. The lowest BCUT2D eigenvalue weighted by Crippen LogP contribution is -2.42. The number of hydrogen-bond donors (Lipinski definition) is 1. The molecule has 1 N–H and O–H groups in total. The molecule has 32 heavy (non-hydrogen) atoms. The van der Waals surface area contributed by atoms with Crippen LogP contribution in [-0.2, 0) is 10.0 Å². The van der Waals surface area contributed by atoms with Crippen molar-refractivity contribution in [1.29, 1.82) is 0 Å². The normalized spacial score (nSPS) is 19.5. The summed E-state index contributed by atoms with van der Waals surface area (Å²) in [5.74, 6) is -0.0858. The molecule has 176 valence electrons. The zero-order valence-corrected chi connectivity index (χ0v) is 18.7. The Labute approximate surface area is 184 Å². The Kier molecular flexibility index (Phi) is 6.61. The third kappa shape index (κ3) is 5.01. The van der Waals surface area contributed by atoms with Gasteiger partial charge < -0.3 is 10.1 Å². The van der Waals surface area contributed by atoms with Crippen LogP contribution in [0.2, 0.25) is 0 Å². The van der Waals surface area contributed by atoms with Crippen molar-refractivity contribution in [3.8, 4) is 5.75 Å². The third-order valence-corrected chi connectivity index (χ3v) is 7.46. The van der Waals surface area contributed by atoms with Crippen molar-refractivity contribution < 1.29 is 21.9 Å². The smallest absolute Gasteiger partial charge is 0.387 e. The van der Waals surface area contributed by atoms with Gasteiger partial charge in [0.15, 0.2) is 5.75 Å². The van der Waals surface area contributed by atoms with Gasteiger partial charge in [-0.3, -0.25) is 9.36 Å². The lowest BCUT2D eigenvalue weighted by molar-refractivity contribution is -0.0510. The first kappa shape index (κ1) is 22.8. The molecular weight excluding hydrogens is 444 g/mol. The fraction of sp³-hybridized carbons (Fsp3) is 0.650. The van der Waals surface area contributed by atoms with E-state index in [-0.39, 0.29) is 12.1 Å². The summed E-state index contributed by atoms with van der Waals surface area (Å²) < 4.78 is 56.5. The van der Waals surface area contributed by atoms with Crippen LogP contribution < -0.4 is 15.6 Å². The van der Waals surface area contributed by atoms with E-state index in [4.69, 9.17) is 0 Å². The number of fused-ring (bicyclic) bond motifs is 1. The molecule has 1 saturated heterocycles. The molecule has 0 spiro atoms. The van der Waals surface area contributed by atoms with E-state index >= 15 is 0 Å². The fourth-order valence-corrected chi connectivity index (χ4v) is 5.41. The Morgan fingerprint density at radius 3 is 2.47 bits per heavy atom. The molecule has 12 heteroatoms. The van der Waals surface area contributed by atoms with Crippen molar-refractivity contribution in [3.63, 3.8) is 0 Å². The molecule has 1 aliphatic carbocycles. The van der Waals surface area contributed by atoms with Gasteiger partial charge in [0.2, 0.25) is 16.0 Å². The van der Waals surface area contributed by atoms with E-state index in [1.54, 1.807) is 0 Å². The zero-order valence-electron chi connectivity index (χ0n) is 17.8. The van der Waals surface area contributed by atoms with Gasteiger partial charge in [-0.05, 0) is 31.7 Å². The van der Waals surface area contributed by atoms with Crippen molar-refractivity contribution in [2.45, 2.75) is 63.6 Å². The Hall–Kier alpha value is -2.34. The van der Waals surface area contributed by atoms with Crippen molar-refractivity contribution in [2.75, 3.05) is 24.7 Å². The maximum Gasteiger partial charge on any atom is 0.387 e. The Bertz CT molecular complexity index is 1130. The second kappa shape index (κ2) is 9.26. The summed E-state index contributed by atoms with van der Waals surface area (Å²) in [4.78, 5) is 21.9. The van der Waals surface area contributed by atoms with Gasteiger partial charge in [-0.15, -0.1) is 0 Å². The molecule has 2 aromatic heterocycles. The summed E-state index contributed by atoms with van der Waals surface area (Å²) in [6.45, 7) is -2.28. The molecule has 0 bridgehead atoms. The Balaban J connectivity index is 1.64. The first-order chi connectivity index (χ1) is 15.2. The minimum Gasteiger partial charge on any atom is -0.429 e. The first-order valence-electron chi connectivity index (χ1n) is 10.8. The minimum atomic E-state index is -3.22.